The lowest BCUT2D eigenvalue weighted by molar-refractivity contribution is -0.138. The molecule has 1 aromatic rings. The Balaban J connectivity index is 2.63. The summed E-state index contributed by atoms with van der Waals surface area (Å²) >= 11 is 4.47. The Kier molecular flexibility index (Phi) is 3.65. The second kappa shape index (κ2) is 4.56. The molecule has 0 aliphatic heterocycles. The van der Waals surface area contributed by atoms with Crippen LogP contribution in [-0.2, 0) is 4.79 Å². The normalized spacial score (nSPS) is 12.1. The molecule has 6 heteroatoms. The number of hydrogen-bond acceptors (Lipinski definition) is 3. The zero-order chi connectivity index (χ0) is 10.7. The van der Waals surface area contributed by atoms with E-state index in [4.69, 9.17) is 5.11 Å². The van der Waals surface area contributed by atoms with Gasteiger partial charge in [0.15, 0.2) is 0 Å². The maximum atomic E-state index is 11.4. The molecule has 1 amide bonds. The third kappa shape index (κ3) is 2.81. The van der Waals surface area contributed by atoms with E-state index in [1.54, 1.807) is 11.4 Å². The summed E-state index contributed by atoms with van der Waals surface area (Å²) < 4.78 is 0.815. The van der Waals surface area contributed by atoms with E-state index in [1.807, 2.05) is 0 Å². The first kappa shape index (κ1) is 11.2. The van der Waals surface area contributed by atoms with Gasteiger partial charge in [-0.15, -0.1) is 11.3 Å². The summed E-state index contributed by atoms with van der Waals surface area (Å²) in [7, 11) is 0. The minimum absolute atomic E-state index is 0.365. The predicted octanol–water partition coefficient (Wildman–Crippen LogP) is 1.71. The van der Waals surface area contributed by atoms with Crippen LogP contribution in [0, 0.1) is 0 Å². The predicted molar refractivity (Wildman–Crippen MR) is 56.6 cm³/mol. The first-order valence-corrected chi connectivity index (χ1v) is 5.45. The second-order valence-electron chi connectivity index (χ2n) is 2.66. The van der Waals surface area contributed by atoms with E-state index in [2.05, 4.69) is 21.2 Å². The Morgan fingerprint density at radius 3 is 2.71 bits per heavy atom. The van der Waals surface area contributed by atoms with E-state index in [0.717, 1.165) is 4.47 Å². The van der Waals surface area contributed by atoms with Gasteiger partial charge in [0.25, 0.3) is 5.91 Å². The maximum absolute atomic E-state index is 11.4. The number of thiophene rings is 1. The molecule has 0 aliphatic rings. The van der Waals surface area contributed by atoms with Gasteiger partial charge in [-0.25, -0.2) is 0 Å². The van der Waals surface area contributed by atoms with Crippen LogP contribution in [0.25, 0.3) is 0 Å². The van der Waals surface area contributed by atoms with E-state index < -0.39 is 12.0 Å². The molecule has 2 N–H and O–H groups in total. The smallest absolute Gasteiger partial charge is 0.325 e. The molecule has 14 heavy (non-hydrogen) atoms. The molecule has 0 fully saturated rings. The van der Waals surface area contributed by atoms with Crippen molar-refractivity contribution in [1.29, 1.82) is 0 Å². The zero-order valence-corrected chi connectivity index (χ0v) is 9.68. The minimum atomic E-state index is -1.05. The molecule has 0 aromatic carbocycles. The summed E-state index contributed by atoms with van der Waals surface area (Å²) in [6.07, 6.45) is 0. The molecule has 0 saturated heterocycles. The van der Waals surface area contributed by atoms with E-state index in [9.17, 15) is 9.59 Å². The summed E-state index contributed by atoms with van der Waals surface area (Å²) in [6.45, 7) is 1.42. The van der Waals surface area contributed by atoms with Gasteiger partial charge in [0, 0.05) is 9.85 Å². The number of carbonyl (C=O) groups excluding carboxylic acids is 1. The topological polar surface area (TPSA) is 66.4 Å². The van der Waals surface area contributed by atoms with Crippen LogP contribution in [0.5, 0.6) is 0 Å². The Bertz CT molecular complexity index is 363. The van der Waals surface area contributed by atoms with Crippen molar-refractivity contribution in [3.8, 4) is 0 Å². The van der Waals surface area contributed by atoms with Crippen molar-refractivity contribution in [2.45, 2.75) is 13.0 Å². The van der Waals surface area contributed by atoms with Crippen LogP contribution in [0.2, 0.25) is 0 Å². The molecule has 1 atom stereocenters. The van der Waals surface area contributed by atoms with Gasteiger partial charge in [-0.1, -0.05) is 0 Å². The van der Waals surface area contributed by atoms with Gasteiger partial charge in [-0.05, 0) is 28.9 Å². The number of halogens is 1. The number of amides is 1. The number of carbonyl (C=O) groups is 2. The van der Waals surface area contributed by atoms with Crippen LogP contribution in [0.15, 0.2) is 15.9 Å². The third-order valence-electron chi connectivity index (χ3n) is 1.51. The standard InChI is InChI=1S/C8H8BrNO3S/c1-4(8(12)13)10-7(11)6-2-5(9)3-14-6/h2-4H,1H3,(H,10,11)(H,12,13)/t4-/m1/s1. The lowest BCUT2D eigenvalue weighted by Gasteiger charge is -2.06. The number of carboxylic acids is 1. The SMILES string of the molecule is C[C@@H](NC(=O)c1cc(Br)cs1)C(=O)O. The van der Waals surface area contributed by atoms with Gasteiger partial charge < -0.3 is 10.4 Å². The van der Waals surface area contributed by atoms with Crippen molar-refractivity contribution in [2.24, 2.45) is 0 Å². The molecule has 0 saturated carbocycles. The quantitative estimate of drug-likeness (QED) is 0.884. The van der Waals surface area contributed by atoms with Crippen molar-refractivity contribution in [3.05, 3.63) is 20.8 Å². The number of rotatable bonds is 3. The lowest BCUT2D eigenvalue weighted by Crippen LogP contribution is -2.37. The molecule has 1 heterocycles. The number of hydrogen-bond donors (Lipinski definition) is 2. The molecular weight excluding hydrogens is 270 g/mol. The van der Waals surface area contributed by atoms with Gasteiger partial charge in [0.05, 0.1) is 4.88 Å². The fourth-order valence-electron chi connectivity index (χ4n) is 0.762. The Labute approximate surface area is 93.1 Å². The highest BCUT2D eigenvalue weighted by atomic mass is 79.9. The Morgan fingerprint density at radius 2 is 2.29 bits per heavy atom. The summed E-state index contributed by atoms with van der Waals surface area (Å²) in [6, 6.07) is 0.776. The van der Waals surface area contributed by atoms with E-state index >= 15 is 0 Å². The number of aliphatic carboxylic acids is 1. The van der Waals surface area contributed by atoms with E-state index in [-0.39, 0.29) is 5.91 Å². The third-order valence-corrected chi connectivity index (χ3v) is 3.20. The van der Waals surface area contributed by atoms with Gasteiger partial charge in [-0.3, -0.25) is 9.59 Å². The average Bonchev–Trinajstić information content (AvgIpc) is 2.51. The summed E-state index contributed by atoms with van der Waals surface area (Å²) in [5, 5.41) is 12.7. The van der Waals surface area contributed by atoms with Crippen molar-refractivity contribution in [3.63, 3.8) is 0 Å². The molecule has 0 unspecified atom stereocenters. The molecule has 0 bridgehead atoms. The minimum Gasteiger partial charge on any atom is -0.480 e. The summed E-state index contributed by atoms with van der Waals surface area (Å²) in [4.78, 5) is 22.3. The van der Waals surface area contributed by atoms with Crippen molar-refractivity contribution >= 4 is 39.1 Å². The average molecular weight is 278 g/mol. The highest BCUT2D eigenvalue weighted by Crippen LogP contribution is 2.19. The molecule has 1 aromatic heterocycles. The highest BCUT2D eigenvalue weighted by Gasteiger charge is 2.16. The Morgan fingerprint density at radius 1 is 1.64 bits per heavy atom. The lowest BCUT2D eigenvalue weighted by atomic mass is 10.3. The highest BCUT2D eigenvalue weighted by molar-refractivity contribution is 9.10. The van der Waals surface area contributed by atoms with Crippen LogP contribution < -0.4 is 5.32 Å². The molecule has 0 spiro atoms. The van der Waals surface area contributed by atoms with E-state index in [0.29, 0.717) is 4.88 Å². The van der Waals surface area contributed by atoms with Gasteiger partial charge in [0.2, 0.25) is 0 Å². The second-order valence-corrected chi connectivity index (χ2v) is 4.49. The van der Waals surface area contributed by atoms with Gasteiger partial charge >= 0.3 is 5.97 Å². The van der Waals surface area contributed by atoms with Crippen LogP contribution >= 0.6 is 27.3 Å². The van der Waals surface area contributed by atoms with Crippen LogP contribution in [0.1, 0.15) is 16.6 Å². The van der Waals surface area contributed by atoms with Crippen LogP contribution in [-0.4, -0.2) is 23.0 Å². The van der Waals surface area contributed by atoms with Crippen LogP contribution in [0.3, 0.4) is 0 Å². The van der Waals surface area contributed by atoms with Gasteiger partial charge in [-0.2, -0.15) is 0 Å². The fraction of sp³-hybridized carbons (Fsp3) is 0.250. The summed E-state index contributed by atoms with van der Waals surface area (Å²) in [5.74, 6) is -1.41. The maximum Gasteiger partial charge on any atom is 0.325 e. The largest absolute Gasteiger partial charge is 0.480 e. The first-order chi connectivity index (χ1) is 6.50. The molecule has 1 rings (SSSR count). The number of carboxylic acid groups (broad SMARTS) is 1. The number of nitrogens with one attached hydrogen (secondary N) is 1. The zero-order valence-electron chi connectivity index (χ0n) is 7.28. The summed E-state index contributed by atoms with van der Waals surface area (Å²) in [5.41, 5.74) is 0. The van der Waals surface area contributed by atoms with Crippen LogP contribution in [0.4, 0.5) is 0 Å². The van der Waals surface area contributed by atoms with Crippen molar-refractivity contribution in [1.82, 2.24) is 5.32 Å². The molecule has 4 nitrogen and oxygen atoms in total. The monoisotopic (exact) mass is 277 g/mol. The fourth-order valence-corrected chi connectivity index (χ4v) is 2.09. The molecule has 0 radical (unpaired) electrons. The molecule has 0 aliphatic carbocycles. The van der Waals surface area contributed by atoms with E-state index in [1.165, 1.54) is 18.3 Å². The first-order valence-electron chi connectivity index (χ1n) is 3.78. The van der Waals surface area contributed by atoms with Crippen molar-refractivity contribution < 1.29 is 14.7 Å². The Hall–Kier alpha value is -0.880. The van der Waals surface area contributed by atoms with Gasteiger partial charge in [0.1, 0.15) is 6.04 Å². The molecular formula is C8H8BrNO3S. The van der Waals surface area contributed by atoms with Crippen molar-refractivity contribution in [2.75, 3.05) is 0 Å². The molecule has 76 valence electrons.